The second-order valence-corrected chi connectivity index (χ2v) is 4.65. The molecule has 1 aromatic heterocycles. The Labute approximate surface area is 120 Å². The zero-order chi connectivity index (χ0) is 13.9. The monoisotopic (exact) mass is 283 g/mol. The van der Waals surface area contributed by atoms with E-state index in [1.807, 2.05) is 18.2 Å². The topological polar surface area (TPSA) is 47.2 Å². The van der Waals surface area contributed by atoms with Gasteiger partial charge in [-0.15, -0.1) is 0 Å². The largest absolute Gasteiger partial charge is 0.281 e. The van der Waals surface area contributed by atoms with Gasteiger partial charge in [-0.25, -0.2) is 4.98 Å². The van der Waals surface area contributed by atoms with E-state index in [1.54, 1.807) is 36.5 Å². The Balaban J connectivity index is 2.03. The number of rotatable bonds is 2. The molecule has 3 aromatic rings. The summed E-state index contributed by atoms with van der Waals surface area (Å²) in [7, 11) is 0. The lowest BCUT2D eigenvalue weighted by Crippen LogP contribution is -2.16. The zero-order valence-corrected chi connectivity index (χ0v) is 11.2. The van der Waals surface area contributed by atoms with Crippen LogP contribution in [0.1, 0.15) is 5.56 Å². The maximum absolute atomic E-state index is 12.2. The van der Waals surface area contributed by atoms with Crippen molar-refractivity contribution in [3.63, 3.8) is 0 Å². The van der Waals surface area contributed by atoms with E-state index in [1.165, 1.54) is 11.0 Å². The molecular formula is C15H10ClN3O. The summed E-state index contributed by atoms with van der Waals surface area (Å²) < 4.78 is 1.21. The Morgan fingerprint density at radius 1 is 1.15 bits per heavy atom. The molecule has 5 heteroatoms. The molecule has 4 nitrogen and oxygen atoms in total. The first-order chi connectivity index (χ1) is 9.74. The van der Waals surface area contributed by atoms with Crippen LogP contribution < -0.4 is 5.56 Å². The molecule has 2 aromatic carbocycles. The molecule has 0 fully saturated rings. The van der Waals surface area contributed by atoms with Crippen LogP contribution >= 0.6 is 11.6 Å². The molecule has 0 saturated heterocycles. The van der Waals surface area contributed by atoms with Crippen LogP contribution in [0.2, 0.25) is 5.02 Å². The molecule has 0 aliphatic heterocycles. The second-order valence-electron chi connectivity index (χ2n) is 4.21. The summed E-state index contributed by atoms with van der Waals surface area (Å²) in [6, 6.07) is 14.4. The molecule has 0 spiro atoms. The van der Waals surface area contributed by atoms with Gasteiger partial charge in [-0.05, 0) is 29.8 Å². The summed E-state index contributed by atoms with van der Waals surface area (Å²) in [5, 5.41) is 5.29. The van der Waals surface area contributed by atoms with Gasteiger partial charge in [-0.1, -0.05) is 35.9 Å². The second kappa shape index (κ2) is 5.27. The molecule has 0 unspecified atom stereocenters. The highest BCUT2D eigenvalue weighted by atomic mass is 35.5. The van der Waals surface area contributed by atoms with Crippen molar-refractivity contribution in [2.45, 2.75) is 0 Å². The van der Waals surface area contributed by atoms with E-state index < -0.39 is 0 Å². The molecule has 0 N–H and O–H groups in total. The zero-order valence-electron chi connectivity index (χ0n) is 10.4. The van der Waals surface area contributed by atoms with Crippen molar-refractivity contribution in [1.29, 1.82) is 0 Å². The van der Waals surface area contributed by atoms with Crippen molar-refractivity contribution in [3.05, 3.63) is 75.8 Å². The summed E-state index contributed by atoms with van der Waals surface area (Å²) in [6.45, 7) is 0. The number of para-hydroxylation sites is 1. The van der Waals surface area contributed by atoms with Crippen LogP contribution in [0.15, 0.2) is 64.8 Å². The van der Waals surface area contributed by atoms with Gasteiger partial charge in [0.05, 0.1) is 17.1 Å². The van der Waals surface area contributed by atoms with Gasteiger partial charge < -0.3 is 0 Å². The Kier molecular flexibility index (Phi) is 3.31. The average Bonchev–Trinajstić information content (AvgIpc) is 2.47. The molecule has 0 atom stereocenters. The van der Waals surface area contributed by atoms with Crippen molar-refractivity contribution in [2.24, 2.45) is 5.10 Å². The molecule has 0 saturated carbocycles. The fourth-order valence-corrected chi connectivity index (χ4v) is 2.06. The molecule has 0 aliphatic carbocycles. The van der Waals surface area contributed by atoms with Gasteiger partial charge >= 0.3 is 0 Å². The number of hydrogen-bond donors (Lipinski definition) is 0. The van der Waals surface area contributed by atoms with Gasteiger partial charge in [0.1, 0.15) is 6.33 Å². The molecule has 0 aliphatic rings. The lowest BCUT2D eigenvalue weighted by molar-refractivity contribution is 0.817. The lowest BCUT2D eigenvalue weighted by Gasteiger charge is -2.00. The third kappa shape index (κ3) is 2.46. The standard InChI is InChI=1S/C15H10ClN3O/c16-12-5-3-4-11(8-12)9-18-19-10-17-14-7-2-1-6-13(14)15(19)20/h1-10H/b18-9-. The van der Waals surface area contributed by atoms with Crippen LogP contribution in [0.3, 0.4) is 0 Å². The van der Waals surface area contributed by atoms with E-state index in [0.29, 0.717) is 15.9 Å². The maximum Gasteiger partial charge on any atom is 0.281 e. The van der Waals surface area contributed by atoms with Crippen molar-refractivity contribution >= 4 is 28.7 Å². The van der Waals surface area contributed by atoms with Gasteiger partial charge in [0.25, 0.3) is 5.56 Å². The molecule has 0 bridgehead atoms. The molecule has 98 valence electrons. The first-order valence-corrected chi connectivity index (χ1v) is 6.38. The molecule has 0 amide bonds. The third-order valence-corrected chi connectivity index (χ3v) is 3.06. The van der Waals surface area contributed by atoms with E-state index in [-0.39, 0.29) is 5.56 Å². The van der Waals surface area contributed by atoms with Crippen molar-refractivity contribution in [1.82, 2.24) is 9.66 Å². The highest BCUT2D eigenvalue weighted by molar-refractivity contribution is 6.30. The van der Waals surface area contributed by atoms with Crippen molar-refractivity contribution < 1.29 is 0 Å². The van der Waals surface area contributed by atoms with Gasteiger partial charge in [0, 0.05) is 5.02 Å². The fraction of sp³-hybridized carbons (Fsp3) is 0. The van der Waals surface area contributed by atoms with Gasteiger partial charge in [0.2, 0.25) is 0 Å². The van der Waals surface area contributed by atoms with E-state index in [4.69, 9.17) is 11.6 Å². The highest BCUT2D eigenvalue weighted by Gasteiger charge is 2.01. The number of benzene rings is 2. The van der Waals surface area contributed by atoms with Crippen LogP contribution in [0.4, 0.5) is 0 Å². The smallest absolute Gasteiger partial charge is 0.267 e. The first kappa shape index (κ1) is 12.6. The first-order valence-electron chi connectivity index (χ1n) is 6.00. The van der Waals surface area contributed by atoms with Crippen LogP contribution in [0.25, 0.3) is 10.9 Å². The van der Waals surface area contributed by atoms with Gasteiger partial charge in [-0.2, -0.15) is 9.78 Å². The minimum absolute atomic E-state index is 0.200. The van der Waals surface area contributed by atoms with Crippen LogP contribution in [-0.2, 0) is 0 Å². The normalized spacial score (nSPS) is 11.2. The number of halogens is 1. The third-order valence-electron chi connectivity index (χ3n) is 2.83. The van der Waals surface area contributed by atoms with Crippen LogP contribution in [0.5, 0.6) is 0 Å². The predicted molar refractivity (Wildman–Crippen MR) is 80.4 cm³/mol. The summed E-state index contributed by atoms with van der Waals surface area (Å²) in [4.78, 5) is 16.4. The Morgan fingerprint density at radius 3 is 2.85 bits per heavy atom. The Morgan fingerprint density at radius 2 is 2.00 bits per heavy atom. The average molecular weight is 284 g/mol. The van der Waals surface area contributed by atoms with Crippen molar-refractivity contribution in [2.75, 3.05) is 0 Å². The minimum atomic E-state index is -0.200. The van der Waals surface area contributed by atoms with E-state index >= 15 is 0 Å². The molecule has 0 radical (unpaired) electrons. The van der Waals surface area contributed by atoms with Crippen LogP contribution in [-0.4, -0.2) is 15.9 Å². The van der Waals surface area contributed by atoms with Crippen LogP contribution in [0, 0.1) is 0 Å². The fourth-order valence-electron chi connectivity index (χ4n) is 1.86. The summed E-state index contributed by atoms with van der Waals surface area (Å²) in [5.74, 6) is 0. The SMILES string of the molecule is O=c1c2ccccc2ncn1/N=C\c1cccc(Cl)c1. The minimum Gasteiger partial charge on any atom is -0.267 e. The molecular weight excluding hydrogens is 274 g/mol. The van der Waals surface area contributed by atoms with E-state index in [0.717, 1.165) is 5.56 Å². The number of nitrogens with zero attached hydrogens (tertiary/aromatic N) is 3. The maximum atomic E-state index is 12.2. The molecule has 20 heavy (non-hydrogen) atoms. The number of aromatic nitrogens is 2. The van der Waals surface area contributed by atoms with Gasteiger partial charge in [-0.3, -0.25) is 4.79 Å². The van der Waals surface area contributed by atoms with E-state index in [9.17, 15) is 4.79 Å². The summed E-state index contributed by atoms with van der Waals surface area (Å²) in [5.41, 5.74) is 1.28. The lowest BCUT2D eigenvalue weighted by atomic mass is 10.2. The Hall–Kier alpha value is -2.46. The van der Waals surface area contributed by atoms with E-state index in [2.05, 4.69) is 10.1 Å². The highest BCUT2D eigenvalue weighted by Crippen LogP contribution is 2.09. The number of hydrogen-bond acceptors (Lipinski definition) is 3. The van der Waals surface area contributed by atoms with Crippen molar-refractivity contribution in [3.8, 4) is 0 Å². The number of fused-ring (bicyclic) bond motifs is 1. The molecule has 3 rings (SSSR count). The summed E-state index contributed by atoms with van der Waals surface area (Å²) in [6.07, 6.45) is 2.98. The van der Waals surface area contributed by atoms with Gasteiger partial charge in [0.15, 0.2) is 0 Å². The molecule has 1 heterocycles. The summed E-state index contributed by atoms with van der Waals surface area (Å²) >= 11 is 5.89. The Bertz CT molecular complexity index is 855. The predicted octanol–water partition coefficient (Wildman–Crippen LogP) is 2.93. The quantitative estimate of drug-likeness (QED) is 0.679.